The van der Waals surface area contributed by atoms with Crippen molar-refractivity contribution in [2.75, 3.05) is 26.7 Å². The third kappa shape index (κ3) is 5.69. The third-order valence-electron chi connectivity index (χ3n) is 5.07. The van der Waals surface area contributed by atoms with Crippen molar-refractivity contribution >= 4 is 23.1 Å². The number of carbonyl (C=O) groups is 1. The molecule has 1 fully saturated rings. The zero-order chi connectivity index (χ0) is 19.1. The van der Waals surface area contributed by atoms with Crippen LogP contribution in [-0.4, -0.2) is 37.6 Å². The first-order valence-electron chi connectivity index (χ1n) is 9.46. The largest absolute Gasteiger partial charge is 0.469 e. The Morgan fingerprint density at radius 3 is 2.70 bits per heavy atom. The van der Waals surface area contributed by atoms with Crippen LogP contribution in [0.25, 0.3) is 5.57 Å². The summed E-state index contributed by atoms with van der Waals surface area (Å²) in [4.78, 5) is 13.9. The third-order valence-corrected chi connectivity index (χ3v) is 5.30. The summed E-state index contributed by atoms with van der Waals surface area (Å²) < 4.78 is 4.79. The Balaban J connectivity index is 1.66. The summed E-state index contributed by atoms with van der Waals surface area (Å²) in [5, 5.41) is 0.750. The predicted molar refractivity (Wildman–Crippen MR) is 111 cm³/mol. The van der Waals surface area contributed by atoms with Crippen LogP contribution in [0.2, 0.25) is 5.02 Å². The van der Waals surface area contributed by atoms with E-state index >= 15 is 0 Å². The van der Waals surface area contributed by atoms with Crippen molar-refractivity contribution < 1.29 is 9.53 Å². The molecule has 0 aliphatic carbocycles. The maximum atomic E-state index is 11.5. The molecule has 0 aromatic heterocycles. The molecule has 1 atom stereocenters. The van der Waals surface area contributed by atoms with Crippen molar-refractivity contribution in [3.05, 3.63) is 76.8 Å². The molecule has 1 unspecified atom stereocenters. The molecule has 0 bridgehead atoms. The number of nitrogens with zero attached hydrogens (tertiary/aromatic N) is 1. The zero-order valence-electron chi connectivity index (χ0n) is 15.7. The molecule has 27 heavy (non-hydrogen) atoms. The Bertz CT molecular complexity index is 788. The van der Waals surface area contributed by atoms with Gasteiger partial charge in [0.15, 0.2) is 0 Å². The lowest BCUT2D eigenvalue weighted by Gasteiger charge is -2.15. The fraction of sp³-hybridized carbons (Fsp3) is 0.348. The Morgan fingerprint density at radius 1 is 1.19 bits per heavy atom. The lowest BCUT2D eigenvalue weighted by molar-refractivity contribution is -0.141. The molecule has 3 rings (SSSR count). The molecule has 0 amide bonds. The minimum Gasteiger partial charge on any atom is -0.469 e. The number of benzene rings is 2. The second-order valence-electron chi connectivity index (χ2n) is 7.02. The lowest BCUT2D eigenvalue weighted by Crippen LogP contribution is -2.22. The highest BCUT2D eigenvalue weighted by Gasteiger charge is 2.24. The highest BCUT2D eigenvalue weighted by Crippen LogP contribution is 2.26. The van der Waals surface area contributed by atoms with Gasteiger partial charge in [-0.1, -0.05) is 60.1 Å². The van der Waals surface area contributed by atoms with Gasteiger partial charge in [-0.3, -0.25) is 4.79 Å². The van der Waals surface area contributed by atoms with Crippen molar-refractivity contribution in [3.8, 4) is 0 Å². The summed E-state index contributed by atoms with van der Waals surface area (Å²) in [6.45, 7) is 3.02. The number of rotatable bonds is 7. The monoisotopic (exact) mass is 383 g/mol. The van der Waals surface area contributed by atoms with Gasteiger partial charge in [0.05, 0.1) is 7.11 Å². The van der Waals surface area contributed by atoms with Crippen LogP contribution >= 0.6 is 11.6 Å². The average Bonchev–Trinajstić information content (AvgIpc) is 3.13. The molecule has 1 heterocycles. The van der Waals surface area contributed by atoms with Crippen molar-refractivity contribution in [2.24, 2.45) is 5.92 Å². The molecule has 1 aliphatic rings. The summed E-state index contributed by atoms with van der Waals surface area (Å²) in [5.74, 6) is 0.317. The summed E-state index contributed by atoms with van der Waals surface area (Å²) in [6.07, 6.45) is 4.86. The van der Waals surface area contributed by atoms with Crippen LogP contribution in [0, 0.1) is 5.92 Å². The molecule has 2 aromatic carbocycles. The average molecular weight is 384 g/mol. The van der Waals surface area contributed by atoms with E-state index in [0.717, 1.165) is 43.1 Å². The number of hydrogen-bond donors (Lipinski definition) is 0. The highest BCUT2D eigenvalue weighted by molar-refractivity contribution is 6.30. The molecule has 2 aromatic rings. The van der Waals surface area contributed by atoms with Gasteiger partial charge in [-0.25, -0.2) is 0 Å². The van der Waals surface area contributed by atoms with E-state index in [9.17, 15) is 4.79 Å². The molecule has 1 aliphatic heterocycles. The topological polar surface area (TPSA) is 29.5 Å². The highest BCUT2D eigenvalue weighted by atomic mass is 35.5. The van der Waals surface area contributed by atoms with Gasteiger partial charge in [0.25, 0.3) is 0 Å². The van der Waals surface area contributed by atoms with Crippen LogP contribution in [0.5, 0.6) is 0 Å². The summed E-state index contributed by atoms with van der Waals surface area (Å²) in [7, 11) is 1.46. The van der Waals surface area contributed by atoms with Gasteiger partial charge in [0.1, 0.15) is 0 Å². The first-order valence-corrected chi connectivity index (χ1v) is 9.84. The molecule has 142 valence electrons. The van der Waals surface area contributed by atoms with Crippen LogP contribution in [-0.2, 0) is 9.53 Å². The molecule has 0 saturated carbocycles. The minimum atomic E-state index is -0.103. The van der Waals surface area contributed by atoms with Crippen molar-refractivity contribution in [2.45, 2.75) is 19.3 Å². The Morgan fingerprint density at radius 2 is 1.96 bits per heavy atom. The molecular formula is C23H26ClNO2. The van der Waals surface area contributed by atoms with Crippen molar-refractivity contribution in [3.63, 3.8) is 0 Å². The lowest BCUT2D eigenvalue weighted by atomic mass is 9.97. The Labute approximate surface area is 166 Å². The molecular weight excluding hydrogens is 358 g/mol. The van der Waals surface area contributed by atoms with Gasteiger partial charge in [0.2, 0.25) is 0 Å². The maximum Gasteiger partial charge on any atom is 0.305 e. The maximum absolute atomic E-state index is 11.5. The first-order chi connectivity index (χ1) is 13.2. The molecule has 4 heteroatoms. The van der Waals surface area contributed by atoms with Crippen LogP contribution in [0.4, 0.5) is 0 Å². The van der Waals surface area contributed by atoms with Crippen LogP contribution in [0.1, 0.15) is 30.4 Å². The number of carbonyl (C=O) groups excluding carboxylic acids is 1. The van der Waals surface area contributed by atoms with E-state index in [1.165, 1.54) is 18.2 Å². The van der Waals surface area contributed by atoms with E-state index in [2.05, 4.69) is 41.3 Å². The van der Waals surface area contributed by atoms with E-state index in [1.807, 2.05) is 24.3 Å². The minimum absolute atomic E-state index is 0.103. The van der Waals surface area contributed by atoms with Gasteiger partial charge in [-0.2, -0.15) is 0 Å². The summed E-state index contributed by atoms with van der Waals surface area (Å²) in [6, 6.07) is 18.4. The van der Waals surface area contributed by atoms with Crippen LogP contribution < -0.4 is 0 Å². The van der Waals surface area contributed by atoms with Crippen molar-refractivity contribution in [1.29, 1.82) is 0 Å². The number of hydrogen-bond acceptors (Lipinski definition) is 3. The normalized spacial score (nSPS) is 17.9. The molecule has 0 radical (unpaired) electrons. The fourth-order valence-corrected chi connectivity index (χ4v) is 3.86. The van der Waals surface area contributed by atoms with Gasteiger partial charge in [0, 0.05) is 24.5 Å². The molecule has 0 spiro atoms. The second-order valence-corrected chi connectivity index (χ2v) is 7.45. The smallest absolute Gasteiger partial charge is 0.305 e. The quantitative estimate of drug-likeness (QED) is 0.627. The summed E-state index contributed by atoms with van der Waals surface area (Å²) in [5.41, 5.74) is 3.55. The Hall–Kier alpha value is -2.10. The van der Waals surface area contributed by atoms with Gasteiger partial charge in [-0.15, -0.1) is 0 Å². The van der Waals surface area contributed by atoms with Crippen molar-refractivity contribution in [1.82, 2.24) is 4.90 Å². The van der Waals surface area contributed by atoms with E-state index < -0.39 is 0 Å². The predicted octanol–water partition coefficient (Wildman–Crippen LogP) is 5.05. The number of esters is 1. The van der Waals surface area contributed by atoms with Crippen LogP contribution in [0.3, 0.4) is 0 Å². The SMILES string of the molecule is COC(=O)CC1CCN(CC/C=C(\c2ccccc2)c2cccc(Cl)c2)C1. The number of ether oxygens (including phenoxy) is 1. The first kappa shape index (κ1) is 19.7. The van der Waals surface area contributed by atoms with Gasteiger partial charge < -0.3 is 9.64 Å². The van der Waals surface area contributed by atoms with Gasteiger partial charge in [-0.05, 0) is 54.1 Å². The second kappa shape index (κ2) is 9.72. The molecule has 1 saturated heterocycles. The van der Waals surface area contributed by atoms with E-state index in [-0.39, 0.29) is 5.97 Å². The molecule has 0 N–H and O–H groups in total. The summed E-state index contributed by atoms with van der Waals surface area (Å²) >= 11 is 6.21. The number of likely N-dealkylation sites (tertiary alicyclic amines) is 1. The van der Waals surface area contributed by atoms with Crippen LogP contribution in [0.15, 0.2) is 60.7 Å². The zero-order valence-corrected chi connectivity index (χ0v) is 16.5. The van der Waals surface area contributed by atoms with E-state index in [4.69, 9.17) is 16.3 Å². The standard InChI is InChI=1S/C23H26ClNO2/c1-27-23(26)15-18-12-14-25(17-18)13-6-11-22(19-7-3-2-4-8-19)20-9-5-10-21(24)16-20/h2-5,7-11,16,18H,6,12-15,17H2,1H3/b22-11+. The number of halogens is 1. The fourth-order valence-electron chi connectivity index (χ4n) is 3.67. The van der Waals surface area contributed by atoms with Gasteiger partial charge >= 0.3 is 5.97 Å². The molecule has 3 nitrogen and oxygen atoms in total. The number of methoxy groups -OCH3 is 1. The van der Waals surface area contributed by atoms with E-state index in [1.54, 1.807) is 0 Å². The van der Waals surface area contributed by atoms with E-state index in [0.29, 0.717) is 12.3 Å². The Kier molecular flexibility index (Phi) is 7.08.